The van der Waals surface area contributed by atoms with Gasteiger partial charge in [-0.25, -0.2) is 13.1 Å². The average Bonchev–Trinajstić information content (AvgIpc) is 2.59. The number of aromatic amines is 1. The predicted octanol–water partition coefficient (Wildman–Crippen LogP) is 1.59. The molecule has 1 aromatic heterocycles. The lowest BCUT2D eigenvalue weighted by atomic mass is 10.1. The van der Waals surface area contributed by atoms with E-state index in [2.05, 4.69) is 15.0 Å². The molecule has 0 aliphatic heterocycles. The molecule has 3 N–H and O–H groups in total. The van der Waals surface area contributed by atoms with E-state index in [1.807, 2.05) is 34.6 Å². The van der Waals surface area contributed by atoms with Gasteiger partial charge in [0, 0.05) is 30.0 Å². The number of nitrogens with one attached hydrogen (secondary N) is 3. The molecular formula is C12H23N3O2S. The van der Waals surface area contributed by atoms with Crippen molar-refractivity contribution in [1.82, 2.24) is 15.0 Å². The van der Waals surface area contributed by atoms with Crippen molar-refractivity contribution < 1.29 is 8.42 Å². The van der Waals surface area contributed by atoms with Crippen molar-refractivity contribution in [2.75, 3.05) is 0 Å². The molecule has 0 aliphatic carbocycles. The van der Waals surface area contributed by atoms with Crippen LogP contribution >= 0.6 is 0 Å². The number of sulfonamides is 1. The van der Waals surface area contributed by atoms with Crippen LogP contribution in [0.2, 0.25) is 0 Å². The maximum absolute atomic E-state index is 12.0. The van der Waals surface area contributed by atoms with Crippen LogP contribution in [-0.4, -0.2) is 25.0 Å². The third kappa shape index (κ3) is 4.80. The first-order chi connectivity index (χ1) is 8.10. The van der Waals surface area contributed by atoms with E-state index in [4.69, 9.17) is 0 Å². The Hall–Kier alpha value is -0.850. The van der Waals surface area contributed by atoms with Gasteiger partial charge in [0.1, 0.15) is 0 Å². The van der Waals surface area contributed by atoms with Crippen LogP contribution in [0.15, 0.2) is 17.2 Å². The third-order valence-corrected chi connectivity index (χ3v) is 3.91. The average molecular weight is 273 g/mol. The highest BCUT2D eigenvalue weighted by molar-refractivity contribution is 7.89. The molecule has 0 bridgehead atoms. The molecule has 104 valence electrons. The molecule has 1 rings (SSSR count). The van der Waals surface area contributed by atoms with Gasteiger partial charge in [0.05, 0.1) is 4.90 Å². The minimum Gasteiger partial charge on any atom is -0.363 e. The molecule has 0 radical (unpaired) electrons. The fourth-order valence-corrected chi connectivity index (χ4v) is 2.89. The SMILES string of the molecule is CC(C)NCc1cc(S(=O)(=O)NC(C)(C)C)c[nH]1. The zero-order valence-electron chi connectivity index (χ0n) is 11.7. The number of rotatable bonds is 5. The Balaban J connectivity index is 2.79. The van der Waals surface area contributed by atoms with Crippen molar-refractivity contribution in [1.29, 1.82) is 0 Å². The smallest absolute Gasteiger partial charge is 0.242 e. The van der Waals surface area contributed by atoms with E-state index in [-0.39, 0.29) is 4.90 Å². The summed E-state index contributed by atoms with van der Waals surface area (Å²) in [6.45, 7) is 10.2. The summed E-state index contributed by atoms with van der Waals surface area (Å²) in [4.78, 5) is 3.25. The van der Waals surface area contributed by atoms with Crippen molar-refractivity contribution in [3.8, 4) is 0 Å². The van der Waals surface area contributed by atoms with Gasteiger partial charge < -0.3 is 10.3 Å². The Morgan fingerprint density at radius 1 is 1.33 bits per heavy atom. The van der Waals surface area contributed by atoms with E-state index in [9.17, 15) is 8.42 Å². The minimum atomic E-state index is -3.44. The van der Waals surface area contributed by atoms with E-state index in [0.29, 0.717) is 12.6 Å². The van der Waals surface area contributed by atoms with E-state index in [1.165, 1.54) is 6.20 Å². The summed E-state index contributed by atoms with van der Waals surface area (Å²) in [6, 6.07) is 2.02. The van der Waals surface area contributed by atoms with Crippen LogP contribution in [0.3, 0.4) is 0 Å². The van der Waals surface area contributed by atoms with Crippen LogP contribution in [-0.2, 0) is 16.6 Å². The van der Waals surface area contributed by atoms with E-state index >= 15 is 0 Å². The summed E-state index contributed by atoms with van der Waals surface area (Å²) in [7, 11) is -3.44. The monoisotopic (exact) mass is 273 g/mol. The zero-order chi connectivity index (χ0) is 14.0. The molecule has 0 fully saturated rings. The minimum absolute atomic E-state index is 0.276. The molecule has 1 heterocycles. The van der Waals surface area contributed by atoms with E-state index in [1.54, 1.807) is 6.07 Å². The lowest BCUT2D eigenvalue weighted by Crippen LogP contribution is -2.40. The number of hydrogen-bond donors (Lipinski definition) is 3. The van der Waals surface area contributed by atoms with Gasteiger partial charge in [-0.1, -0.05) is 13.8 Å². The molecular weight excluding hydrogens is 250 g/mol. The van der Waals surface area contributed by atoms with Crippen LogP contribution in [0, 0.1) is 0 Å². The predicted molar refractivity (Wildman–Crippen MR) is 72.8 cm³/mol. The summed E-state index contributed by atoms with van der Waals surface area (Å²) in [5, 5.41) is 3.23. The highest BCUT2D eigenvalue weighted by Gasteiger charge is 2.22. The Morgan fingerprint density at radius 3 is 2.44 bits per heavy atom. The van der Waals surface area contributed by atoms with Crippen molar-refractivity contribution >= 4 is 10.0 Å². The first-order valence-electron chi connectivity index (χ1n) is 6.05. The van der Waals surface area contributed by atoms with Gasteiger partial charge in [-0.2, -0.15) is 0 Å². The molecule has 0 unspecified atom stereocenters. The van der Waals surface area contributed by atoms with Crippen molar-refractivity contribution in [3.05, 3.63) is 18.0 Å². The van der Waals surface area contributed by atoms with Gasteiger partial charge in [-0.15, -0.1) is 0 Å². The molecule has 0 saturated heterocycles. The van der Waals surface area contributed by atoms with Crippen LogP contribution in [0.1, 0.15) is 40.3 Å². The van der Waals surface area contributed by atoms with Gasteiger partial charge >= 0.3 is 0 Å². The first kappa shape index (κ1) is 15.2. The second-order valence-corrected chi connectivity index (χ2v) is 7.43. The lowest BCUT2D eigenvalue weighted by molar-refractivity contribution is 0.491. The first-order valence-corrected chi connectivity index (χ1v) is 7.53. The summed E-state index contributed by atoms with van der Waals surface area (Å²) >= 11 is 0. The third-order valence-electron chi connectivity index (χ3n) is 2.17. The number of H-pyrrole nitrogens is 1. The van der Waals surface area contributed by atoms with Gasteiger partial charge in [0.15, 0.2) is 0 Å². The van der Waals surface area contributed by atoms with Crippen molar-refractivity contribution in [2.45, 2.75) is 57.6 Å². The summed E-state index contributed by atoms with van der Waals surface area (Å²) in [5.41, 5.74) is 0.380. The van der Waals surface area contributed by atoms with Gasteiger partial charge in [-0.3, -0.25) is 0 Å². The van der Waals surface area contributed by atoms with Crippen molar-refractivity contribution in [2.24, 2.45) is 0 Å². The molecule has 0 spiro atoms. The summed E-state index contributed by atoms with van der Waals surface area (Å²) in [6.07, 6.45) is 1.52. The number of aromatic nitrogens is 1. The van der Waals surface area contributed by atoms with Gasteiger partial charge in [0.25, 0.3) is 0 Å². The largest absolute Gasteiger partial charge is 0.363 e. The Bertz CT molecular complexity index is 484. The molecule has 5 nitrogen and oxygen atoms in total. The molecule has 0 atom stereocenters. The van der Waals surface area contributed by atoms with Crippen LogP contribution < -0.4 is 10.0 Å². The van der Waals surface area contributed by atoms with Gasteiger partial charge in [0.2, 0.25) is 10.0 Å². The fourth-order valence-electron chi connectivity index (χ4n) is 1.45. The van der Waals surface area contributed by atoms with Gasteiger partial charge in [-0.05, 0) is 26.8 Å². The quantitative estimate of drug-likeness (QED) is 0.762. The maximum Gasteiger partial charge on any atom is 0.242 e. The molecule has 0 saturated carbocycles. The summed E-state index contributed by atoms with van der Waals surface area (Å²) in [5.74, 6) is 0. The van der Waals surface area contributed by atoms with E-state index < -0.39 is 15.6 Å². The highest BCUT2D eigenvalue weighted by atomic mass is 32.2. The van der Waals surface area contributed by atoms with Crippen molar-refractivity contribution in [3.63, 3.8) is 0 Å². The lowest BCUT2D eigenvalue weighted by Gasteiger charge is -2.19. The topological polar surface area (TPSA) is 74.0 Å². The fraction of sp³-hybridized carbons (Fsp3) is 0.667. The standard InChI is InChI=1S/C12H23N3O2S/c1-9(2)13-7-10-6-11(8-14-10)18(16,17)15-12(3,4)5/h6,8-9,13-15H,7H2,1-5H3. The Kier molecular flexibility index (Phi) is 4.58. The molecule has 0 aliphatic rings. The molecule has 0 amide bonds. The Labute approximate surface area is 109 Å². The summed E-state index contributed by atoms with van der Waals surface area (Å²) < 4.78 is 26.7. The van der Waals surface area contributed by atoms with Crippen LogP contribution in [0.5, 0.6) is 0 Å². The maximum atomic E-state index is 12.0. The normalized spacial score (nSPS) is 13.2. The molecule has 6 heteroatoms. The Morgan fingerprint density at radius 2 is 1.94 bits per heavy atom. The van der Waals surface area contributed by atoms with Crippen LogP contribution in [0.4, 0.5) is 0 Å². The zero-order valence-corrected chi connectivity index (χ0v) is 12.5. The second-order valence-electron chi connectivity index (χ2n) is 5.75. The van der Waals surface area contributed by atoms with E-state index in [0.717, 1.165) is 5.69 Å². The molecule has 1 aromatic rings. The number of hydrogen-bond acceptors (Lipinski definition) is 3. The molecule has 18 heavy (non-hydrogen) atoms. The molecule has 0 aromatic carbocycles. The van der Waals surface area contributed by atoms with Crippen LogP contribution in [0.25, 0.3) is 0 Å². The second kappa shape index (κ2) is 5.42. The highest BCUT2D eigenvalue weighted by Crippen LogP contribution is 2.14.